The van der Waals surface area contributed by atoms with Gasteiger partial charge in [0.25, 0.3) is 0 Å². The zero-order chi connectivity index (χ0) is 26.9. The van der Waals surface area contributed by atoms with Gasteiger partial charge in [0.2, 0.25) is 0 Å². The van der Waals surface area contributed by atoms with Crippen molar-refractivity contribution in [1.82, 2.24) is 24.6 Å². The van der Waals surface area contributed by atoms with E-state index in [1.165, 1.54) is 19.4 Å². The molecular weight excluding hydrogens is 504 g/mol. The Hall–Kier alpha value is -3.27. The number of fused-ring (bicyclic) bond motifs is 1. The van der Waals surface area contributed by atoms with Gasteiger partial charge >= 0.3 is 24.3 Å². The SMILES string of the molecule is O=C(O)C(F)(F)F.O=C(O)C(F)(F)F.c1cncc(COCc2nnc3n2CCN(CC2CC2)C3)c1. The lowest BCUT2D eigenvalue weighted by molar-refractivity contribution is -0.193. The Labute approximate surface area is 200 Å². The summed E-state index contributed by atoms with van der Waals surface area (Å²) in [6, 6.07) is 3.94. The fourth-order valence-electron chi connectivity index (χ4n) is 2.94. The van der Waals surface area contributed by atoms with Gasteiger partial charge in [0, 0.05) is 32.0 Å². The molecule has 2 N–H and O–H groups in total. The number of hydrogen-bond acceptors (Lipinski definition) is 7. The Morgan fingerprint density at radius 1 is 1.00 bits per heavy atom. The topological polar surface area (TPSA) is 131 Å². The summed E-state index contributed by atoms with van der Waals surface area (Å²) in [7, 11) is 0. The van der Waals surface area contributed by atoms with Gasteiger partial charge in [0.1, 0.15) is 12.4 Å². The van der Waals surface area contributed by atoms with E-state index >= 15 is 0 Å². The molecule has 0 bridgehead atoms. The summed E-state index contributed by atoms with van der Waals surface area (Å²) in [5.74, 6) is -2.58. The number of pyridine rings is 1. The zero-order valence-electron chi connectivity index (χ0n) is 18.7. The molecule has 0 unspecified atom stereocenters. The molecule has 0 spiro atoms. The van der Waals surface area contributed by atoms with Crippen molar-refractivity contribution in [3.05, 3.63) is 41.7 Å². The van der Waals surface area contributed by atoms with E-state index in [-0.39, 0.29) is 0 Å². The van der Waals surface area contributed by atoms with Crippen LogP contribution in [0.25, 0.3) is 0 Å². The number of carboxylic acid groups (broad SMARTS) is 2. The molecule has 0 atom stereocenters. The molecule has 10 nitrogen and oxygen atoms in total. The number of hydrogen-bond donors (Lipinski definition) is 2. The standard InChI is InChI=1S/C16H21N5O.2C2HF3O2/c1-2-14(8-17-5-1)11-22-12-16-19-18-15-10-20(6-7-21(15)16)9-13-3-4-13;2*3-2(4,5)1(6)7/h1-2,5,8,13H,3-4,6-7,9-12H2;2*(H,6,7). The maximum Gasteiger partial charge on any atom is 0.490 e. The van der Waals surface area contributed by atoms with Crippen LogP contribution in [-0.4, -0.2) is 72.2 Å². The van der Waals surface area contributed by atoms with Crippen LogP contribution in [0.15, 0.2) is 24.5 Å². The Morgan fingerprint density at radius 3 is 2.11 bits per heavy atom. The molecule has 2 aliphatic rings. The fourth-order valence-corrected chi connectivity index (χ4v) is 2.94. The number of halogens is 6. The van der Waals surface area contributed by atoms with Crippen molar-refractivity contribution < 1.29 is 50.9 Å². The molecular formula is C20H23F6N5O5. The van der Waals surface area contributed by atoms with Crippen molar-refractivity contribution in [2.24, 2.45) is 5.92 Å². The van der Waals surface area contributed by atoms with E-state index in [2.05, 4.69) is 24.6 Å². The van der Waals surface area contributed by atoms with Crippen LogP contribution in [0, 0.1) is 5.92 Å². The summed E-state index contributed by atoms with van der Waals surface area (Å²) >= 11 is 0. The van der Waals surface area contributed by atoms with Crippen LogP contribution in [0.5, 0.6) is 0 Å². The molecule has 0 radical (unpaired) electrons. The minimum absolute atomic E-state index is 0.504. The number of aliphatic carboxylic acids is 2. The van der Waals surface area contributed by atoms with Crippen LogP contribution in [0.4, 0.5) is 26.3 Å². The van der Waals surface area contributed by atoms with E-state index in [4.69, 9.17) is 24.5 Å². The van der Waals surface area contributed by atoms with Crippen LogP contribution in [0.1, 0.15) is 30.1 Å². The molecule has 1 aliphatic heterocycles. The van der Waals surface area contributed by atoms with E-state index in [1.54, 1.807) is 6.20 Å². The van der Waals surface area contributed by atoms with Crippen molar-refractivity contribution >= 4 is 11.9 Å². The van der Waals surface area contributed by atoms with Crippen LogP contribution < -0.4 is 0 Å². The Morgan fingerprint density at radius 2 is 1.61 bits per heavy atom. The number of rotatable bonds is 6. The molecule has 1 saturated carbocycles. The van der Waals surface area contributed by atoms with Gasteiger partial charge in [-0.05, 0) is 30.4 Å². The maximum atomic E-state index is 10.6. The van der Waals surface area contributed by atoms with Crippen molar-refractivity contribution in [3.63, 3.8) is 0 Å². The van der Waals surface area contributed by atoms with Crippen LogP contribution in [0.3, 0.4) is 0 Å². The van der Waals surface area contributed by atoms with Gasteiger partial charge in [-0.3, -0.25) is 9.88 Å². The zero-order valence-corrected chi connectivity index (χ0v) is 18.7. The van der Waals surface area contributed by atoms with Gasteiger partial charge < -0.3 is 19.5 Å². The molecule has 4 rings (SSSR count). The molecule has 2 aromatic heterocycles. The van der Waals surface area contributed by atoms with E-state index in [1.807, 2.05) is 18.3 Å². The highest BCUT2D eigenvalue weighted by atomic mass is 19.4. The first-order valence-corrected chi connectivity index (χ1v) is 10.5. The first-order valence-electron chi connectivity index (χ1n) is 10.5. The third kappa shape index (κ3) is 10.2. The summed E-state index contributed by atoms with van der Waals surface area (Å²) in [5, 5.41) is 22.9. The number of carbonyl (C=O) groups is 2. The van der Waals surface area contributed by atoms with Gasteiger partial charge in [-0.15, -0.1) is 10.2 Å². The first-order chi connectivity index (χ1) is 16.8. The molecule has 1 aliphatic carbocycles. The highest BCUT2D eigenvalue weighted by molar-refractivity contribution is 5.73. The second-order valence-electron chi connectivity index (χ2n) is 7.82. The molecule has 2 aromatic rings. The molecule has 0 aromatic carbocycles. The van der Waals surface area contributed by atoms with Crippen LogP contribution in [0.2, 0.25) is 0 Å². The molecule has 3 heterocycles. The van der Waals surface area contributed by atoms with Crippen molar-refractivity contribution in [2.75, 3.05) is 13.1 Å². The lowest BCUT2D eigenvalue weighted by Gasteiger charge is -2.27. The Kier molecular flexibility index (Phi) is 10.2. The predicted octanol–water partition coefficient (Wildman–Crippen LogP) is 2.88. The predicted molar refractivity (Wildman–Crippen MR) is 108 cm³/mol. The monoisotopic (exact) mass is 527 g/mol. The molecule has 1 fully saturated rings. The van der Waals surface area contributed by atoms with E-state index in [0.717, 1.165) is 42.8 Å². The lowest BCUT2D eigenvalue weighted by atomic mass is 10.3. The van der Waals surface area contributed by atoms with Crippen LogP contribution >= 0.6 is 0 Å². The van der Waals surface area contributed by atoms with Crippen molar-refractivity contribution in [2.45, 2.75) is 51.5 Å². The smallest absolute Gasteiger partial charge is 0.475 e. The normalized spacial score (nSPS) is 15.6. The molecule has 0 saturated heterocycles. The van der Waals surface area contributed by atoms with Crippen molar-refractivity contribution in [1.29, 1.82) is 0 Å². The number of alkyl halides is 6. The lowest BCUT2D eigenvalue weighted by Crippen LogP contribution is -2.35. The highest BCUT2D eigenvalue weighted by Crippen LogP contribution is 2.30. The summed E-state index contributed by atoms with van der Waals surface area (Å²) < 4.78 is 71.4. The highest BCUT2D eigenvalue weighted by Gasteiger charge is 2.38. The fraction of sp³-hybridized carbons (Fsp3) is 0.550. The Bertz CT molecular complexity index is 971. The van der Waals surface area contributed by atoms with Gasteiger partial charge in [-0.1, -0.05) is 6.07 Å². The average molecular weight is 527 g/mol. The second-order valence-corrected chi connectivity index (χ2v) is 7.82. The molecule has 0 amide bonds. The summed E-state index contributed by atoms with van der Waals surface area (Å²) in [6.07, 6.45) is -3.77. The number of nitrogens with zero attached hydrogens (tertiary/aromatic N) is 5. The third-order valence-corrected chi connectivity index (χ3v) is 4.83. The summed E-state index contributed by atoms with van der Waals surface area (Å²) in [5.41, 5.74) is 1.08. The molecule has 200 valence electrons. The Balaban J connectivity index is 0.000000271. The van der Waals surface area contributed by atoms with Crippen LogP contribution in [-0.2, 0) is 40.6 Å². The number of ether oxygens (including phenoxy) is 1. The second kappa shape index (κ2) is 12.6. The van der Waals surface area contributed by atoms with E-state index in [0.29, 0.717) is 13.2 Å². The molecule has 16 heteroatoms. The average Bonchev–Trinajstić information content (AvgIpc) is 3.52. The minimum atomic E-state index is -5.08. The third-order valence-electron chi connectivity index (χ3n) is 4.83. The number of carboxylic acids is 2. The van der Waals surface area contributed by atoms with E-state index < -0.39 is 24.3 Å². The quantitative estimate of drug-likeness (QED) is 0.545. The van der Waals surface area contributed by atoms with Crippen molar-refractivity contribution in [3.8, 4) is 0 Å². The minimum Gasteiger partial charge on any atom is -0.475 e. The van der Waals surface area contributed by atoms with Gasteiger partial charge in [0.15, 0.2) is 5.82 Å². The maximum absolute atomic E-state index is 10.6. The first kappa shape index (κ1) is 29.0. The van der Waals surface area contributed by atoms with Gasteiger partial charge in [-0.2, -0.15) is 26.3 Å². The van der Waals surface area contributed by atoms with E-state index in [9.17, 15) is 26.3 Å². The van der Waals surface area contributed by atoms with Gasteiger partial charge in [-0.25, -0.2) is 9.59 Å². The van der Waals surface area contributed by atoms with Gasteiger partial charge in [0.05, 0.1) is 13.2 Å². The summed E-state index contributed by atoms with van der Waals surface area (Å²) in [4.78, 5) is 24.4. The number of aromatic nitrogens is 4. The largest absolute Gasteiger partial charge is 0.490 e. The molecule has 36 heavy (non-hydrogen) atoms. The summed E-state index contributed by atoms with van der Waals surface area (Å²) in [6.45, 7) is 5.28.